The number of nitrogens with one attached hydrogen (secondary N) is 1. The largest absolute Gasteiger partial charge is 0.493 e. The van der Waals surface area contributed by atoms with Crippen molar-refractivity contribution < 1.29 is 18.8 Å². The summed E-state index contributed by atoms with van der Waals surface area (Å²) in [6.07, 6.45) is 0.899. The van der Waals surface area contributed by atoms with E-state index in [1.807, 2.05) is 57.2 Å². The Labute approximate surface area is 176 Å². The van der Waals surface area contributed by atoms with Crippen molar-refractivity contribution in [3.63, 3.8) is 0 Å². The average Bonchev–Trinajstić information content (AvgIpc) is 3.24. The van der Waals surface area contributed by atoms with Gasteiger partial charge in [0.2, 0.25) is 5.91 Å². The van der Waals surface area contributed by atoms with Gasteiger partial charge < -0.3 is 19.3 Å². The zero-order valence-corrected chi connectivity index (χ0v) is 18.0. The van der Waals surface area contributed by atoms with Crippen LogP contribution in [0.3, 0.4) is 0 Å². The molecule has 0 saturated carbocycles. The third-order valence-corrected chi connectivity index (χ3v) is 4.81. The molecule has 0 saturated heterocycles. The van der Waals surface area contributed by atoms with E-state index in [0.717, 1.165) is 11.1 Å². The summed E-state index contributed by atoms with van der Waals surface area (Å²) in [6.45, 7) is 5.94. The number of methoxy groups -OCH3 is 2. The van der Waals surface area contributed by atoms with Crippen molar-refractivity contribution >= 4 is 11.6 Å². The summed E-state index contributed by atoms with van der Waals surface area (Å²) < 4.78 is 16.0. The molecule has 0 atom stereocenters. The van der Waals surface area contributed by atoms with Crippen molar-refractivity contribution in [3.05, 3.63) is 53.3 Å². The van der Waals surface area contributed by atoms with Crippen molar-refractivity contribution in [3.8, 4) is 23.0 Å². The van der Waals surface area contributed by atoms with Gasteiger partial charge in [-0.2, -0.15) is 4.98 Å². The van der Waals surface area contributed by atoms with E-state index in [9.17, 15) is 4.79 Å². The molecular formula is C23H27N3O4. The summed E-state index contributed by atoms with van der Waals surface area (Å²) in [5.74, 6) is 2.41. The second-order valence-corrected chi connectivity index (χ2v) is 7.35. The highest BCUT2D eigenvalue weighted by Crippen LogP contribution is 2.31. The molecular weight excluding hydrogens is 382 g/mol. The summed E-state index contributed by atoms with van der Waals surface area (Å²) in [5, 5.41) is 7.04. The predicted octanol–water partition coefficient (Wildman–Crippen LogP) is 4.76. The van der Waals surface area contributed by atoms with Crippen LogP contribution in [-0.4, -0.2) is 30.3 Å². The van der Waals surface area contributed by atoms with E-state index in [0.29, 0.717) is 47.3 Å². The lowest BCUT2D eigenvalue weighted by Crippen LogP contribution is -2.14. The van der Waals surface area contributed by atoms with Gasteiger partial charge >= 0.3 is 0 Å². The molecule has 1 aromatic heterocycles. The molecule has 30 heavy (non-hydrogen) atoms. The summed E-state index contributed by atoms with van der Waals surface area (Å²) >= 11 is 0. The van der Waals surface area contributed by atoms with E-state index in [1.54, 1.807) is 14.2 Å². The number of rotatable bonds is 8. The van der Waals surface area contributed by atoms with Crippen molar-refractivity contribution in [2.75, 3.05) is 19.5 Å². The first-order valence-corrected chi connectivity index (χ1v) is 9.87. The number of anilines is 1. The van der Waals surface area contributed by atoms with Gasteiger partial charge in [0.25, 0.3) is 5.89 Å². The van der Waals surface area contributed by atoms with Crippen LogP contribution in [0.15, 0.2) is 40.9 Å². The van der Waals surface area contributed by atoms with Crippen LogP contribution in [0.2, 0.25) is 0 Å². The fraction of sp³-hybridized carbons (Fsp3) is 0.348. The fourth-order valence-electron chi connectivity index (χ4n) is 3.09. The lowest BCUT2D eigenvalue weighted by atomic mass is 10.1. The molecule has 0 radical (unpaired) electrons. The van der Waals surface area contributed by atoms with Crippen LogP contribution in [0.25, 0.3) is 11.5 Å². The zero-order valence-electron chi connectivity index (χ0n) is 18.0. The van der Waals surface area contributed by atoms with Gasteiger partial charge in [-0.15, -0.1) is 0 Å². The van der Waals surface area contributed by atoms with Crippen LogP contribution < -0.4 is 14.8 Å². The quantitative estimate of drug-likeness (QED) is 0.577. The predicted molar refractivity (Wildman–Crippen MR) is 115 cm³/mol. The summed E-state index contributed by atoms with van der Waals surface area (Å²) in [5.41, 5.74) is 3.32. The third-order valence-electron chi connectivity index (χ3n) is 4.81. The Bertz CT molecular complexity index is 1030. The number of hydrogen-bond donors (Lipinski definition) is 1. The normalized spacial score (nSPS) is 10.9. The Kier molecular flexibility index (Phi) is 6.72. The van der Waals surface area contributed by atoms with Crippen LogP contribution >= 0.6 is 0 Å². The van der Waals surface area contributed by atoms with Crippen molar-refractivity contribution in [1.82, 2.24) is 10.1 Å². The number of aryl methyl sites for hydroxylation is 2. The maximum atomic E-state index is 12.7. The maximum Gasteiger partial charge on any atom is 0.260 e. The molecule has 0 aliphatic carbocycles. The lowest BCUT2D eigenvalue weighted by Gasteiger charge is -2.12. The minimum atomic E-state index is -0.0936. The zero-order chi connectivity index (χ0) is 21.7. The molecule has 158 valence electrons. The average molecular weight is 409 g/mol. The SMILES string of the molecule is COc1ccc(CCC(=O)Nc2c(C)cccc2-c2nc(C(C)C)no2)cc1OC. The molecule has 2 aromatic carbocycles. The topological polar surface area (TPSA) is 86.5 Å². The molecule has 0 aliphatic rings. The third kappa shape index (κ3) is 4.79. The molecule has 1 N–H and O–H groups in total. The van der Waals surface area contributed by atoms with Crippen molar-refractivity contribution in [2.45, 2.75) is 39.5 Å². The number of carbonyl (C=O) groups is 1. The Balaban J connectivity index is 1.74. The van der Waals surface area contributed by atoms with E-state index >= 15 is 0 Å². The summed E-state index contributed by atoms with van der Waals surface area (Å²) in [4.78, 5) is 17.1. The number of benzene rings is 2. The number of amides is 1. The van der Waals surface area contributed by atoms with E-state index in [-0.39, 0.29) is 11.8 Å². The van der Waals surface area contributed by atoms with Gasteiger partial charge in [0.05, 0.1) is 25.5 Å². The number of nitrogens with zero attached hydrogens (tertiary/aromatic N) is 2. The first-order valence-electron chi connectivity index (χ1n) is 9.87. The van der Waals surface area contributed by atoms with E-state index < -0.39 is 0 Å². The molecule has 0 fully saturated rings. The van der Waals surface area contributed by atoms with Gasteiger partial charge in [-0.25, -0.2) is 0 Å². The van der Waals surface area contributed by atoms with Crippen molar-refractivity contribution in [2.24, 2.45) is 0 Å². The van der Waals surface area contributed by atoms with Crippen LogP contribution in [0.1, 0.15) is 43.1 Å². The molecule has 0 spiro atoms. The summed E-state index contributed by atoms with van der Waals surface area (Å²) in [7, 11) is 3.19. The van der Waals surface area contributed by atoms with Crippen LogP contribution in [0, 0.1) is 6.92 Å². The Hall–Kier alpha value is -3.35. The first-order chi connectivity index (χ1) is 14.4. The number of carbonyl (C=O) groups excluding carboxylic acids is 1. The Morgan fingerprint density at radius 1 is 1.13 bits per heavy atom. The number of hydrogen-bond acceptors (Lipinski definition) is 6. The number of para-hydroxylation sites is 1. The lowest BCUT2D eigenvalue weighted by molar-refractivity contribution is -0.116. The minimum Gasteiger partial charge on any atom is -0.493 e. The molecule has 7 heteroatoms. The van der Waals surface area contributed by atoms with Gasteiger partial charge in [-0.3, -0.25) is 4.79 Å². The first kappa shape index (κ1) is 21.4. The van der Waals surface area contributed by atoms with E-state index in [4.69, 9.17) is 14.0 Å². The van der Waals surface area contributed by atoms with Gasteiger partial charge in [0, 0.05) is 12.3 Å². The molecule has 3 aromatic rings. The molecule has 0 bridgehead atoms. The Morgan fingerprint density at radius 3 is 2.57 bits per heavy atom. The second kappa shape index (κ2) is 9.43. The highest BCUT2D eigenvalue weighted by molar-refractivity contribution is 5.95. The van der Waals surface area contributed by atoms with Crippen LogP contribution in [0.4, 0.5) is 5.69 Å². The van der Waals surface area contributed by atoms with E-state index in [1.165, 1.54) is 0 Å². The smallest absolute Gasteiger partial charge is 0.260 e. The molecule has 0 unspecified atom stereocenters. The van der Waals surface area contributed by atoms with Gasteiger partial charge in [-0.1, -0.05) is 37.2 Å². The standard InChI is InChI=1S/C23H27N3O4/c1-14(2)22-25-23(30-26-22)17-8-6-7-15(3)21(17)24-20(27)12-10-16-9-11-18(28-4)19(13-16)29-5/h6-9,11,13-14H,10,12H2,1-5H3,(H,24,27). The van der Waals surface area contributed by atoms with E-state index in [2.05, 4.69) is 15.5 Å². The molecule has 0 aliphatic heterocycles. The van der Waals surface area contributed by atoms with Crippen LogP contribution in [-0.2, 0) is 11.2 Å². The van der Waals surface area contributed by atoms with Gasteiger partial charge in [-0.05, 0) is 42.7 Å². The number of aromatic nitrogens is 2. The molecule has 7 nitrogen and oxygen atoms in total. The molecule has 3 rings (SSSR count). The molecule has 1 heterocycles. The Morgan fingerprint density at radius 2 is 1.90 bits per heavy atom. The van der Waals surface area contributed by atoms with Crippen LogP contribution in [0.5, 0.6) is 11.5 Å². The highest BCUT2D eigenvalue weighted by Gasteiger charge is 2.18. The maximum absolute atomic E-state index is 12.7. The minimum absolute atomic E-state index is 0.0936. The van der Waals surface area contributed by atoms with Crippen molar-refractivity contribution in [1.29, 1.82) is 0 Å². The van der Waals surface area contributed by atoms with Gasteiger partial charge in [0.15, 0.2) is 17.3 Å². The highest BCUT2D eigenvalue weighted by atomic mass is 16.5. The van der Waals surface area contributed by atoms with Gasteiger partial charge in [0.1, 0.15) is 0 Å². The monoisotopic (exact) mass is 409 g/mol. The molecule has 1 amide bonds. The second-order valence-electron chi connectivity index (χ2n) is 7.35. The summed E-state index contributed by atoms with van der Waals surface area (Å²) in [6, 6.07) is 11.4. The number of ether oxygens (including phenoxy) is 2. The fourth-order valence-corrected chi connectivity index (χ4v) is 3.09.